The molecule has 0 unspecified atom stereocenters. The summed E-state index contributed by atoms with van der Waals surface area (Å²) in [6, 6.07) is 16.7. The molecule has 3 aromatic rings. The van der Waals surface area contributed by atoms with Crippen molar-refractivity contribution in [3.05, 3.63) is 87.4 Å². The highest BCUT2D eigenvalue weighted by Crippen LogP contribution is 2.32. The van der Waals surface area contributed by atoms with Crippen molar-refractivity contribution < 1.29 is 9.59 Å². The Kier molecular flexibility index (Phi) is 4.22. The van der Waals surface area contributed by atoms with E-state index in [9.17, 15) is 9.59 Å². The zero-order valence-corrected chi connectivity index (χ0v) is 15.0. The summed E-state index contributed by atoms with van der Waals surface area (Å²) < 4.78 is 0. The summed E-state index contributed by atoms with van der Waals surface area (Å²) in [5, 5.41) is 0. The summed E-state index contributed by atoms with van der Waals surface area (Å²) in [6.07, 6.45) is 3.53. The highest BCUT2D eigenvalue weighted by molar-refractivity contribution is 7.12. The normalized spacial score (nSPS) is 15.4. The van der Waals surface area contributed by atoms with Gasteiger partial charge in [-0.2, -0.15) is 0 Å². The van der Waals surface area contributed by atoms with Crippen molar-refractivity contribution in [2.75, 3.05) is 0 Å². The number of nitrogens with zero attached hydrogens (tertiary/aromatic N) is 2. The number of hydrogen-bond donors (Lipinski definition) is 0. The van der Waals surface area contributed by atoms with Crippen LogP contribution in [0.1, 0.15) is 31.4 Å². The monoisotopic (exact) mass is 360 g/mol. The molecule has 0 spiro atoms. The van der Waals surface area contributed by atoms with Crippen LogP contribution in [0.2, 0.25) is 0 Å². The number of amides is 2. The van der Waals surface area contributed by atoms with Crippen LogP contribution in [0, 0.1) is 6.92 Å². The van der Waals surface area contributed by atoms with E-state index in [0.717, 1.165) is 4.88 Å². The summed E-state index contributed by atoms with van der Waals surface area (Å²) in [5.74, 6) is -0.568. The van der Waals surface area contributed by atoms with Gasteiger partial charge in [-0.3, -0.25) is 19.5 Å². The first-order chi connectivity index (χ1) is 12.6. The van der Waals surface area contributed by atoms with Crippen LogP contribution in [0.3, 0.4) is 0 Å². The molecule has 5 heteroatoms. The molecule has 3 heterocycles. The maximum atomic E-state index is 13.1. The summed E-state index contributed by atoms with van der Waals surface area (Å²) in [4.78, 5) is 33.7. The average Bonchev–Trinajstić information content (AvgIpc) is 3.08. The number of carbonyl (C=O) groups is 2. The van der Waals surface area contributed by atoms with Gasteiger partial charge in [-0.25, -0.2) is 0 Å². The van der Waals surface area contributed by atoms with Crippen LogP contribution in [0.4, 0.5) is 0 Å². The molecular formula is C21H16N2O2S. The first-order valence-electron chi connectivity index (χ1n) is 8.27. The van der Waals surface area contributed by atoms with Crippen molar-refractivity contribution >= 4 is 34.8 Å². The van der Waals surface area contributed by atoms with Crippen molar-refractivity contribution in [3.63, 3.8) is 0 Å². The molecule has 128 valence electrons. The number of fused-ring (bicyclic) bond motifs is 1. The number of aryl methyl sites for hydroxylation is 1. The van der Waals surface area contributed by atoms with Crippen LogP contribution in [0.15, 0.2) is 60.8 Å². The van der Waals surface area contributed by atoms with Crippen LogP contribution in [-0.4, -0.2) is 21.7 Å². The van der Waals surface area contributed by atoms with Gasteiger partial charge in [0, 0.05) is 27.1 Å². The molecule has 0 N–H and O–H groups in total. The van der Waals surface area contributed by atoms with Gasteiger partial charge >= 0.3 is 0 Å². The van der Waals surface area contributed by atoms with Crippen LogP contribution >= 0.6 is 11.3 Å². The van der Waals surface area contributed by atoms with Crippen molar-refractivity contribution in [2.24, 2.45) is 0 Å². The van der Waals surface area contributed by atoms with Gasteiger partial charge in [0.05, 0.1) is 12.2 Å². The Morgan fingerprint density at radius 3 is 2.42 bits per heavy atom. The standard InChI is InChI=1S/C21H16N2O2S/c1-14-9-10-16(26-14)12-19-17-7-2-3-8-18(17)20(24)23(21(19)25)13-15-6-4-5-11-22-15/h2-12H,13H2,1H3/b19-12-. The SMILES string of the molecule is Cc1ccc(/C=C2\C(=O)N(Cc3ccccn3)C(=O)c3ccccc32)s1. The van der Waals surface area contributed by atoms with E-state index in [4.69, 9.17) is 0 Å². The van der Waals surface area contributed by atoms with E-state index in [1.165, 1.54) is 9.78 Å². The largest absolute Gasteiger partial charge is 0.269 e. The molecule has 2 amide bonds. The predicted octanol–water partition coefficient (Wildman–Crippen LogP) is 4.17. The predicted molar refractivity (Wildman–Crippen MR) is 102 cm³/mol. The minimum atomic E-state index is -0.287. The van der Waals surface area contributed by atoms with Crippen LogP contribution in [0.25, 0.3) is 11.6 Å². The van der Waals surface area contributed by atoms with E-state index in [2.05, 4.69) is 4.98 Å². The molecule has 2 aromatic heterocycles. The third-order valence-corrected chi connectivity index (χ3v) is 5.21. The van der Waals surface area contributed by atoms with E-state index in [1.54, 1.807) is 23.6 Å². The lowest BCUT2D eigenvalue weighted by molar-refractivity contribution is -0.123. The topological polar surface area (TPSA) is 50.3 Å². The van der Waals surface area contributed by atoms with E-state index >= 15 is 0 Å². The van der Waals surface area contributed by atoms with E-state index in [1.807, 2.05) is 61.5 Å². The molecule has 0 saturated carbocycles. The summed E-state index contributed by atoms with van der Waals surface area (Å²) >= 11 is 1.62. The molecule has 0 saturated heterocycles. The molecule has 26 heavy (non-hydrogen) atoms. The fourth-order valence-corrected chi connectivity index (χ4v) is 3.83. The number of imide groups is 1. The summed E-state index contributed by atoms with van der Waals surface area (Å²) in [7, 11) is 0. The highest BCUT2D eigenvalue weighted by atomic mass is 32.1. The quantitative estimate of drug-likeness (QED) is 0.520. The Morgan fingerprint density at radius 2 is 1.73 bits per heavy atom. The minimum absolute atomic E-state index is 0.160. The van der Waals surface area contributed by atoms with Gasteiger partial charge in [0.15, 0.2) is 0 Å². The lowest BCUT2D eigenvalue weighted by Gasteiger charge is -2.28. The zero-order valence-electron chi connectivity index (χ0n) is 14.2. The Bertz CT molecular complexity index is 1020. The van der Waals surface area contributed by atoms with Gasteiger partial charge < -0.3 is 0 Å². The number of thiophene rings is 1. The molecule has 0 atom stereocenters. The third-order valence-electron chi connectivity index (χ3n) is 4.26. The molecule has 0 radical (unpaired) electrons. The minimum Gasteiger partial charge on any atom is -0.269 e. The van der Waals surface area contributed by atoms with Gasteiger partial charge in [0.25, 0.3) is 11.8 Å². The molecule has 0 aliphatic carbocycles. The number of carbonyl (C=O) groups excluding carboxylic acids is 2. The van der Waals surface area contributed by atoms with Gasteiger partial charge in [-0.15, -0.1) is 11.3 Å². The Labute approximate surface area is 155 Å². The fraction of sp³-hybridized carbons (Fsp3) is 0.0952. The molecule has 0 fully saturated rings. The number of hydrogen-bond acceptors (Lipinski definition) is 4. The number of benzene rings is 1. The molecule has 1 aliphatic rings. The molecule has 1 aliphatic heterocycles. The maximum absolute atomic E-state index is 13.1. The maximum Gasteiger partial charge on any atom is 0.261 e. The second-order valence-electron chi connectivity index (χ2n) is 6.07. The second-order valence-corrected chi connectivity index (χ2v) is 7.39. The van der Waals surface area contributed by atoms with Crippen molar-refractivity contribution in [1.82, 2.24) is 9.88 Å². The number of rotatable bonds is 3. The van der Waals surface area contributed by atoms with Crippen molar-refractivity contribution in [1.29, 1.82) is 0 Å². The third kappa shape index (κ3) is 2.97. The van der Waals surface area contributed by atoms with Gasteiger partial charge in [0.2, 0.25) is 0 Å². The lowest BCUT2D eigenvalue weighted by Crippen LogP contribution is -2.41. The number of aromatic nitrogens is 1. The van der Waals surface area contributed by atoms with Gasteiger partial charge in [-0.1, -0.05) is 24.3 Å². The van der Waals surface area contributed by atoms with E-state index in [-0.39, 0.29) is 18.4 Å². The molecule has 1 aromatic carbocycles. The summed E-state index contributed by atoms with van der Waals surface area (Å²) in [5.41, 5.74) is 2.45. The second kappa shape index (κ2) is 6.69. The Hall–Kier alpha value is -3.05. The number of pyridine rings is 1. The van der Waals surface area contributed by atoms with E-state index < -0.39 is 0 Å². The molecule has 4 nitrogen and oxygen atoms in total. The van der Waals surface area contributed by atoms with Gasteiger partial charge in [-0.05, 0) is 48.9 Å². The average molecular weight is 360 g/mol. The van der Waals surface area contributed by atoms with Crippen molar-refractivity contribution in [3.8, 4) is 0 Å². The summed E-state index contributed by atoms with van der Waals surface area (Å²) in [6.45, 7) is 2.19. The van der Waals surface area contributed by atoms with Gasteiger partial charge in [0.1, 0.15) is 0 Å². The fourth-order valence-electron chi connectivity index (χ4n) is 3.01. The smallest absolute Gasteiger partial charge is 0.261 e. The highest BCUT2D eigenvalue weighted by Gasteiger charge is 2.34. The van der Waals surface area contributed by atoms with Crippen LogP contribution in [-0.2, 0) is 11.3 Å². The van der Waals surface area contributed by atoms with Crippen LogP contribution in [0.5, 0.6) is 0 Å². The Balaban J connectivity index is 1.80. The van der Waals surface area contributed by atoms with Crippen molar-refractivity contribution in [2.45, 2.75) is 13.5 Å². The Morgan fingerprint density at radius 1 is 0.962 bits per heavy atom. The van der Waals surface area contributed by atoms with Crippen LogP contribution < -0.4 is 0 Å². The lowest BCUT2D eigenvalue weighted by atomic mass is 9.93. The molecular weight excluding hydrogens is 344 g/mol. The molecule has 0 bridgehead atoms. The first kappa shape index (κ1) is 16.4. The first-order valence-corrected chi connectivity index (χ1v) is 9.09. The van der Waals surface area contributed by atoms with E-state index in [0.29, 0.717) is 22.4 Å². The molecule has 4 rings (SSSR count). The zero-order chi connectivity index (χ0) is 18.1.